The molecular formula is C16H21N3O2S. The summed E-state index contributed by atoms with van der Waals surface area (Å²) in [5, 5.41) is 6.67. The van der Waals surface area contributed by atoms with Gasteiger partial charge >= 0.3 is 6.03 Å². The number of urea groups is 1. The van der Waals surface area contributed by atoms with Crippen LogP contribution in [0.3, 0.4) is 0 Å². The molecule has 2 N–H and O–H groups in total. The van der Waals surface area contributed by atoms with Crippen LogP contribution in [0.1, 0.15) is 27.9 Å². The van der Waals surface area contributed by atoms with Gasteiger partial charge in [0.15, 0.2) is 0 Å². The van der Waals surface area contributed by atoms with Gasteiger partial charge in [0, 0.05) is 24.2 Å². The Labute approximate surface area is 134 Å². The minimum absolute atomic E-state index is 0.176. The van der Waals surface area contributed by atoms with Crippen LogP contribution < -0.4 is 10.6 Å². The number of thiazole rings is 1. The molecule has 1 aromatic heterocycles. The summed E-state index contributed by atoms with van der Waals surface area (Å²) < 4.78 is 5.35. The molecular weight excluding hydrogens is 298 g/mol. The first kappa shape index (κ1) is 16.5. The number of carbonyl (C=O) groups excluding carboxylic acids is 1. The number of nitrogens with zero attached hydrogens (tertiary/aromatic N) is 1. The molecule has 0 fully saturated rings. The Kier molecular flexibility index (Phi) is 6.36. The highest BCUT2D eigenvalue weighted by Crippen LogP contribution is 2.10. The van der Waals surface area contributed by atoms with E-state index in [1.54, 1.807) is 17.5 Å². The van der Waals surface area contributed by atoms with Crippen molar-refractivity contribution >= 4 is 17.4 Å². The third kappa shape index (κ3) is 5.46. The number of ether oxygens (including phenoxy) is 1. The largest absolute Gasteiger partial charge is 0.377 e. The van der Waals surface area contributed by atoms with E-state index in [-0.39, 0.29) is 6.03 Å². The Balaban J connectivity index is 1.71. The minimum Gasteiger partial charge on any atom is -0.377 e. The number of benzene rings is 1. The van der Waals surface area contributed by atoms with E-state index in [4.69, 9.17) is 4.74 Å². The molecule has 2 amide bonds. The molecule has 1 aromatic carbocycles. The van der Waals surface area contributed by atoms with Crippen molar-refractivity contribution < 1.29 is 9.53 Å². The third-order valence-electron chi connectivity index (χ3n) is 3.04. The predicted octanol–water partition coefficient (Wildman–Crippen LogP) is 2.99. The number of hydrogen-bond donors (Lipinski definition) is 2. The van der Waals surface area contributed by atoms with Crippen molar-refractivity contribution in [1.29, 1.82) is 0 Å². The highest BCUT2D eigenvalue weighted by molar-refractivity contribution is 7.11. The number of amides is 2. The van der Waals surface area contributed by atoms with E-state index in [9.17, 15) is 4.79 Å². The van der Waals surface area contributed by atoms with Crippen molar-refractivity contribution in [1.82, 2.24) is 15.6 Å². The Hall–Kier alpha value is -1.92. The fourth-order valence-corrected chi connectivity index (χ4v) is 2.61. The maximum Gasteiger partial charge on any atom is 0.315 e. The molecule has 0 aliphatic heterocycles. The lowest BCUT2D eigenvalue weighted by atomic mass is 10.1. The highest BCUT2D eigenvalue weighted by Gasteiger charge is 2.03. The van der Waals surface area contributed by atoms with Gasteiger partial charge in [-0.05, 0) is 25.0 Å². The average Bonchev–Trinajstić information content (AvgIpc) is 2.95. The van der Waals surface area contributed by atoms with Gasteiger partial charge in [0.1, 0.15) is 0 Å². The lowest BCUT2D eigenvalue weighted by Crippen LogP contribution is -2.34. The minimum atomic E-state index is -0.176. The van der Waals surface area contributed by atoms with E-state index in [2.05, 4.69) is 15.6 Å². The summed E-state index contributed by atoms with van der Waals surface area (Å²) in [5.41, 5.74) is 2.19. The second-order valence-electron chi connectivity index (χ2n) is 4.84. The first-order valence-corrected chi connectivity index (χ1v) is 8.07. The van der Waals surface area contributed by atoms with Gasteiger partial charge in [0.05, 0.1) is 18.2 Å². The zero-order valence-electron chi connectivity index (χ0n) is 12.9. The molecule has 0 unspecified atom stereocenters. The molecule has 5 nitrogen and oxygen atoms in total. The first-order chi connectivity index (χ1) is 10.7. The van der Waals surface area contributed by atoms with Crippen LogP contribution in [0.2, 0.25) is 0 Å². The number of carbonyl (C=O) groups is 1. The Morgan fingerprint density at radius 1 is 1.18 bits per heavy atom. The molecule has 6 heteroatoms. The second kappa shape index (κ2) is 8.51. The molecule has 2 rings (SSSR count). The number of aromatic nitrogens is 1. The maximum atomic E-state index is 11.7. The molecule has 0 bridgehead atoms. The second-order valence-corrected chi connectivity index (χ2v) is 6.15. The molecule has 0 atom stereocenters. The summed E-state index contributed by atoms with van der Waals surface area (Å²) >= 11 is 1.59. The lowest BCUT2D eigenvalue weighted by molar-refractivity contribution is 0.134. The number of hydrogen-bond acceptors (Lipinski definition) is 4. The molecule has 0 aliphatic carbocycles. The monoisotopic (exact) mass is 319 g/mol. The highest BCUT2D eigenvalue weighted by atomic mass is 32.1. The smallest absolute Gasteiger partial charge is 0.315 e. The Bertz CT molecular complexity index is 596. The quantitative estimate of drug-likeness (QED) is 0.824. The van der Waals surface area contributed by atoms with Crippen molar-refractivity contribution in [2.24, 2.45) is 0 Å². The zero-order chi connectivity index (χ0) is 15.8. The summed E-state index contributed by atoms with van der Waals surface area (Å²) in [5.74, 6) is 0. The van der Waals surface area contributed by atoms with Crippen molar-refractivity contribution in [3.8, 4) is 0 Å². The summed E-state index contributed by atoms with van der Waals surface area (Å²) in [6.07, 6.45) is 1.79. The Morgan fingerprint density at radius 2 is 1.86 bits per heavy atom. The molecule has 118 valence electrons. The molecule has 0 radical (unpaired) electrons. The standard InChI is InChI=1S/C16H21N3O2S/c1-3-21-11-14-6-4-13(5-7-14)8-18-16(20)19-10-15-9-17-12(2)22-15/h4-7,9H,3,8,10-11H2,1-2H3,(H2,18,19,20). The van der Waals surface area contributed by atoms with E-state index >= 15 is 0 Å². The van der Waals surface area contributed by atoms with E-state index < -0.39 is 0 Å². The van der Waals surface area contributed by atoms with Gasteiger partial charge in [0.25, 0.3) is 0 Å². The topological polar surface area (TPSA) is 63.2 Å². The van der Waals surface area contributed by atoms with Gasteiger partial charge in [-0.15, -0.1) is 11.3 Å². The molecule has 0 spiro atoms. The van der Waals surface area contributed by atoms with Gasteiger partial charge in [0.2, 0.25) is 0 Å². The first-order valence-electron chi connectivity index (χ1n) is 7.26. The van der Waals surface area contributed by atoms with Crippen LogP contribution in [0.15, 0.2) is 30.5 Å². The van der Waals surface area contributed by atoms with Crippen LogP contribution in [0.4, 0.5) is 4.79 Å². The normalized spacial score (nSPS) is 10.5. The van der Waals surface area contributed by atoms with Crippen LogP contribution in [-0.4, -0.2) is 17.6 Å². The summed E-state index contributed by atoms with van der Waals surface area (Å²) in [4.78, 5) is 16.9. The molecule has 0 aliphatic rings. The SMILES string of the molecule is CCOCc1ccc(CNC(=O)NCc2cnc(C)s2)cc1. The summed E-state index contributed by atoms with van der Waals surface area (Å²) in [6.45, 7) is 6.27. The fraction of sp³-hybridized carbons (Fsp3) is 0.375. The molecule has 2 aromatic rings. The fourth-order valence-electron chi connectivity index (χ4n) is 1.87. The number of nitrogens with one attached hydrogen (secondary N) is 2. The van der Waals surface area contributed by atoms with E-state index in [1.165, 1.54) is 0 Å². The third-order valence-corrected chi connectivity index (χ3v) is 3.95. The molecule has 0 saturated carbocycles. The lowest BCUT2D eigenvalue weighted by Gasteiger charge is -2.07. The van der Waals surface area contributed by atoms with E-state index in [1.807, 2.05) is 38.1 Å². The van der Waals surface area contributed by atoms with E-state index in [0.717, 1.165) is 21.0 Å². The maximum absolute atomic E-state index is 11.7. The van der Waals surface area contributed by atoms with Crippen LogP contribution in [0, 0.1) is 6.92 Å². The summed E-state index contributed by atoms with van der Waals surface area (Å²) in [6, 6.07) is 7.86. The van der Waals surface area contributed by atoms with Gasteiger partial charge in [-0.2, -0.15) is 0 Å². The van der Waals surface area contributed by atoms with Crippen LogP contribution in [0.5, 0.6) is 0 Å². The van der Waals surface area contributed by atoms with Gasteiger partial charge < -0.3 is 15.4 Å². The Morgan fingerprint density at radius 3 is 2.50 bits per heavy atom. The number of aryl methyl sites for hydroxylation is 1. The zero-order valence-corrected chi connectivity index (χ0v) is 13.7. The van der Waals surface area contributed by atoms with Gasteiger partial charge in [-0.3, -0.25) is 0 Å². The van der Waals surface area contributed by atoms with E-state index in [0.29, 0.717) is 26.3 Å². The predicted molar refractivity (Wildman–Crippen MR) is 87.7 cm³/mol. The molecule has 0 saturated heterocycles. The van der Waals surface area contributed by atoms with Crippen molar-refractivity contribution in [2.75, 3.05) is 6.61 Å². The van der Waals surface area contributed by atoms with Gasteiger partial charge in [-0.25, -0.2) is 9.78 Å². The number of rotatable bonds is 7. The van der Waals surface area contributed by atoms with Crippen LogP contribution in [0.25, 0.3) is 0 Å². The van der Waals surface area contributed by atoms with Crippen molar-refractivity contribution in [2.45, 2.75) is 33.5 Å². The van der Waals surface area contributed by atoms with Crippen LogP contribution in [-0.2, 0) is 24.4 Å². The van der Waals surface area contributed by atoms with Crippen molar-refractivity contribution in [3.05, 3.63) is 51.5 Å². The van der Waals surface area contributed by atoms with Gasteiger partial charge in [-0.1, -0.05) is 24.3 Å². The summed E-state index contributed by atoms with van der Waals surface area (Å²) in [7, 11) is 0. The molecule has 1 heterocycles. The van der Waals surface area contributed by atoms with Crippen LogP contribution >= 0.6 is 11.3 Å². The molecule has 22 heavy (non-hydrogen) atoms. The van der Waals surface area contributed by atoms with Crippen molar-refractivity contribution in [3.63, 3.8) is 0 Å². The average molecular weight is 319 g/mol.